The van der Waals surface area contributed by atoms with Crippen LogP contribution in [0, 0.1) is 35.2 Å². The Balaban J connectivity index is 1.12. The maximum absolute atomic E-state index is 16.9. The lowest BCUT2D eigenvalue weighted by molar-refractivity contribution is 0.146. The summed E-state index contributed by atoms with van der Waals surface area (Å²) in [6.45, 7) is 4.49. The first kappa shape index (κ1) is 30.7. The van der Waals surface area contributed by atoms with Crippen molar-refractivity contribution in [2.45, 2.75) is 50.7 Å². The molecule has 4 aliphatic rings. The molecule has 3 fully saturated rings. The lowest BCUT2D eigenvalue weighted by atomic mass is 9.92. The third-order valence-electron chi connectivity index (χ3n) is 10.7. The summed E-state index contributed by atoms with van der Waals surface area (Å²) in [4.78, 5) is 15.4. The fourth-order valence-electron chi connectivity index (χ4n) is 8.10. The third kappa shape index (κ3) is 5.37. The second-order valence-corrected chi connectivity index (χ2v) is 15.1. The molecule has 2 N–H and O–H groups in total. The maximum Gasteiger partial charge on any atom is 0.319 e. The van der Waals surface area contributed by atoms with Crippen LogP contribution >= 0.6 is 11.3 Å². The summed E-state index contributed by atoms with van der Waals surface area (Å²) < 4.78 is 54.5. The first-order valence-electron chi connectivity index (χ1n) is 16.8. The van der Waals surface area contributed by atoms with E-state index in [4.69, 9.17) is 16.1 Å². The molecule has 0 radical (unpaired) electrons. The molecule has 2 unspecified atom stereocenters. The highest BCUT2D eigenvalue weighted by Gasteiger charge is 2.45. The number of phenolic OH excluding ortho intramolecular Hbond substituents is 1. The minimum absolute atomic E-state index is 0.0333. The standard InChI is InChI=1S/C38H34F3N5O2S/c1-2-26-29(39)6-3-21-13-25(47)14-27(32(21)26)33-30(40)15-28-35(34(33)41)43-37(44-36(28)46-17-23-4-5-24(18-46)42-23)48-20-38(9-10-38)19-45-11-7-31-22(16-45)8-12-49-31/h1,3,6,8,12-15,23-24,42,47H,4-5,7,9-11,16-20H2. The predicted molar refractivity (Wildman–Crippen MR) is 185 cm³/mol. The van der Waals surface area contributed by atoms with Crippen molar-refractivity contribution in [3.63, 3.8) is 0 Å². The zero-order chi connectivity index (χ0) is 33.4. The summed E-state index contributed by atoms with van der Waals surface area (Å²) in [5.41, 5.74) is 0.591. The van der Waals surface area contributed by atoms with Gasteiger partial charge in [0.25, 0.3) is 0 Å². The average Bonchev–Trinajstić information content (AvgIpc) is 3.53. The van der Waals surface area contributed by atoms with Crippen LogP contribution in [0.3, 0.4) is 0 Å². The second kappa shape index (κ2) is 11.6. The van der Waals surface area contributed by atoms with E-state index in [2.05, 4.69) is 37.5 Å². The van der Waals surface area contributed by atoms with Crippen LogP contribution in [0.25, 0.3) is 32.8 Å². The highest BCUT2D eigenvalue weighted by atomic mass is 32.1. The normalized spacial score (nSPS) is 21.2. The molecule has 0 amide bonds. The van der Waals surface area contributed by atoms with Gasteiger partial charge in [0.2, 0.25) is 0 Å². The topological polar surface area (TPSA) is 73.8 Å². The van der Waals surface area contributed by atoms with E-state index in [1.807, 2.05) is 11.3 Å². The highest BCUT2D eigenvalue weighted by Crippen LogP contribution is 2.48. The molecule has 1 saturated carbocycles. The monoisotopic (exact) mass is 681 g/mol. The number of nitrogens with one attached hydrogen (secondary N) is 1. The molecule has 2 saturated heterocycles. The van der Waals surface area contributed by atoms with Gasteiger partial charge >= 0.3 is 6.01 Å². The summed E-state index contributed by atoms with van der Waals surface area (Å²) >= 11 is 1.82. The predicted octanol–water partition coefficient (Wildman–Crippen LogP) is 6.77. The number of benzene rings is 3. The Bertz CT molecular complexity index is 2180. The molecule has 11 heteroatoms. The van der Waals surface area contributed by atoms with Gasteiger partial charge in [0.05, 0.1) is 17.7 Å². The summed E-state index contributed by atoms with van der Waals surface area (Å²) in [7, 11) is 0. The van der Waals surface area contributed by atoms with E-state index < -0.39 is 23.0 Å². The van der Waals surface area contributed by atoms with Gasteiger partial charge < -0.3 is 20.1 Å². The molecule has 5 heterocycles. The molecule has 250 valence electrons. The molecule has 0 spiro atoms. The van der Waals surface area contributed by atoms with E-state index in [-0.39, 0.29) is 56.7 Å². The van der Waals surface area contributed by atoms with Crippen molar-refractivity contribution in [1.82, 2.24) is 20.2 Å². The number of terminal acetylenes is 1. The Morgan fingerprint density at radius 2 is 1.88 bits per heavy atom. The minimum Gasteiger partial charge on any atom is -0.508 e. The third-order valence-corrected chi connectivity index (χ3v) is 11.8. The minimum atomic E-state index is -0.957. The molecule has 2 bridgehead atoms. The van der Waals surface area contributed by atoms with E-state index >= 15 is 8.78 Å². The lowest BCUT2D eigenvalue weighted by Crippen LogP contribution is -2.51. The SMILES string of the molecule is C#Cc1c(F)ccc2cc(O)cc(-c3c(F)cc4c(N5CC6CCC(C5)N6)nc(OCC5(CN6CCc7sccc7C6)CC5)nc4c3F)c12. The molecule has 1 aliphatic carbocycles. The number of aromatic hydroxyl groups is 1. The van der Waals surface area contributed by atoms with Crippen molar-refractivity contribution in [1.29, 1.82) is 0 Å². The summed E-state index contributed by atoms with van der Waals surface area (Å²) in [5, 5.41) is 17.0. The van der Waals surface area contributed by atoms with E-state index in [1.54, 1.807) is 0 Å². The molecule has 7 nitrogen and oxygen atoms in total. The molecule has 3 aromatic carbocycles. The van der Waals surface area contributed by atoms with Crippen LogP contribution in [0.15, 0.2) is 41.8 Å². The fourth-order valence-corrected chi connectivity index (χ4v) is 8.99. The molecule has 49 heavy (non-hydrogen) atoms. The Morgan fingerprint density at radius 3 is 2.65 bits per heavy atom. The van der Waals surface area contributed by atoms with Crippen LogP contribution < -0.4 is 15.0 Å². The van der Waals surface area contributed by atoms with Crippen LogP contribution in [0.4, 0.5) is 19.0 Å². The first-order chi connectivity index (χ1) is 23.8. The summed E-state index contributed by atoms with van der Waals surface area (Å²) in [6, 6.07) is 9.18. The quantitative estimate of drug-likeness (QED) is 0.184. The molecule has 9 rings (SSSR count). The van der Waals surface area contributed by atoms with Gasteiger partial charge in [0.15, 0.2) is 5.82 Å². The number of aromatic nitrogens is 2. The number of fused-ring (bicyclic) bond motifs is 5. The van der Waals surface area contributed by atoms with Gasteiger partial charge in [-0.15, -0.1) is 17.8 Å². The molecule has 5 aromatic rings. The second-order valence-electron chi connectivity index (χ2n) is 14.1. The van der Waals surface area contributed by atoms with E-state index in [9.17, 15) is 9.50 Å². The van der Waals surface area contributed by atoms with Gasteiger partial charge in [-0.3, -0.25) is 4.90 Å². The smallest absolute Gasteiger partial charge is 0.319 e. The fraction of sp³-hybridized carbons (Fsp3) is 0.368. The number of halogens is 3. The number of anilines is 1. The Hall–Kier alpha value is -4.37. The van der Waals surface area contributed by atoms with Crippen LogP contribution in [-0.2, 0) is 13.0 Å². The molecule has 2 aromatic heterocycles. The number of thiophene rings is 1. The Labute approximate surface area is 285 Å². The molecule has 3 aliphatic heterocycles. The van der Waals surface area contributed by atoms with E-state index in [1.165, 1.54) is 40.8 Å². The number of ether oxygens (including phenoxy) is 1. The van der Waals surface area contributed by atoms with Crippen molar-refractivity contribution in [2.24, 2.45) is 5.41 Å². The van der Waals surface area contributed by atoms with Crippen LogP contribution in [-0.4, -0.2) is 64.8 Å². The van der Waals surface area contributed by atoms with Gasteiger partial charge in [0, 0.05) is 71.4 Å². The first-order valence-corrected chi connectivity index (χ1v) is 17.7. The highest BCUT2D eigenvalue weighted by molar-refractivity contribution is 7.10. The zero-order valence-corrected chi connectivity index (χ0v) is 27.6. The van der Waals surface area contributed by atoms with Gasteiger partial charge in [-0.2, -0.15) is 9.97 Å². The molecule has 2 atom stereocenters. The largest absolute Gasteiger partial charge is 0.508 e. The molecular weight excluding hydrogens is 648 g/mol. The van der Waals surface area contributed by atoms with Crippen LogP contribution in [0.5, 0.6) is 11.8 Å². The number of hydrogen-bond donors (Lipinski definition) is 2. The van der Waals surface area contributed by atoms with Gasteiger partial charge in [-0.25, -0.2) is 13.2 Å². The Morgan fingerprint density at radius 1 is 1.06 bits per heavy atom. The van der Waals surface area contributed by atoms with E-state index in [0.29, 0.717) is 30.9 Å². The van der Waals surface area contributed by atoms with Gasteiger partial charge in [0.1, 0.15) is 28.7 Å². The molecular formula is C38H34F3N5O2S. The average molecular weight is 682 g/mol. The number of phenols is 1. The summed E-state index contributed by atoms with van der Waals surface area (Å²) in [6.07, 6.45) is 10.8. The number of hydrogen-bond acceptors (Lipinski definition) is 8. The lowest BCUT2D eigenvalue weighted by Gasteiger charge is -2.34. The van der Waals surface area contributed by atoms with Crippen molar-refractivity contribution < 1.29 is 23.0 Å². The van der Waals surface area contributed by atoms with Crippen molar-refractivity contribution in [2.75, 3.05) is 37.7 Å². The van der Waals surface area contributed by atoms with Gasteiger partial charge in [-0.05, 0) is 78.8 Å². The van der Waals surface area contributed by atoms with Crippen molar-refractivity contribution in [3.8, 4) is 35.2 Å². The number of rotatable bonds is 7. The Kier molecular flexibility index (Phi) is 7.27. The van der Waals surface area contributed by atoms with Crippen LogP contribution in [0.2, 0.25) is 0 Å². The summed E-state index contributed by atoms with van der Waals surface area (Å²) in [5.74, 6) is -0.0449. The zero-order valence-electron chi connectivity index (χ0n) is 26.7. The van der Waals surface area contributed by atoms with Crippen molar-refractivity contribution >= 4 is 38.8 Å². The number of piperazine rings is 1. The van der Waals surface area contributed by atoms with Crippen LogP contribution in [0.1, 0.15) is 41.7 Å². The number of nitrogens with zero attached hydrogens (tertiary/aromatic N) is 4. The maximum atomic E-state index is 16.9. The van der Waals surface area contributed by atoms with Crippen molar-refractivity contribution in [3.05, 3.63) is 75.2 Å². The van der Waals surface area contributed by atoms with Gasteiger partial charge in [-0.1, -0.05) is 12.0 Å². The van der Waals surface area contributed by atoms with E-state index in [0.717, 1.165) is 51.7 Å².